The Morgan fingerprint density at radius 3 is 2.67 bits per heavy atom. The van der Waals surface area contributed by atoms with Crippen molar-refractivity contribution in [2.75, 3.05) is 40.8 Å². The molecule has 0 aliphatic carbocycles. The molecule has 0 aromatic carbocycles. The highest BCUT2D eigenvalue weighted by molar-refractivity contribution is 5.29. The van der Waals surface area contributed by atoms with Gasteiger partial charge in [0, 0.05) is 12.5 Å². The van der Waals surface area contributed by atoms with E-state index in [1.54, 1.807) is 7.11 Å². The molecule has 0 bridgehead atoms. The molecule has 1 aromatic rings. The molecule has 0 radical (unpaired) electrons. The van der Waals surface area contributed by atoms with Crippen LogP contribution in [0.5, 0.6) is 5.75 Å². The molecule has 2 unspecified atom stereocenters. The van der Waals surface area contributed by atoms with E-state index in [0.717, 1.165) is 31.9 Å². The summed E-state index contributed by atoms with van der Waals surface area (Å²) in [6, 6.07) is 0. The van der Waals surface area contributed by atoms with Crippen molar-refractivity contribution in [3.05, 3.63) is 11.9 Å². The van der Waals surface area contributed by atoms with Crippen molar-refractivity contribution in [1.29, 1.82) is 0 Å². The fraction of sp³-hybridized carbons (Fsp3) is 0.812. The Hall–Kier alpha value is -1.07. The summed E-state index contributed by atoms with van der Waals surface area (Å²) in [6.07, 6.45) is 3.01. The summed E-state index contributed by atoms with van der Waals surface area (Å²) in [6.45, 7) is 10.7. The summed E-state index contributed by atoms with van der Waals surface area (Å²) in [4.78, 5) is 2.18. The second-order valence-electron chi connectivity index (χ2n) is 6.09. The third-order valence-corrected chi connectivity index (χ3v) is 4.00. The van der Waals surface area contributed by atoms with Gasteiger partial charge in [0.25, 0.3) is 0 Å². The normalized spacial score (nSPS) is 14.4. The van der Waals surface area contributed by atoms with Crippen LogP contribution in [0.2, 0.25) is 0 Å². The first-order valence-electron chi connectivity index (χ1n) is 7.96. The van der Waals surface area contributed by atoms with E-state index in [9.17, 15) is 0 Å². The lowest BCUT2D eigenvalue weighted by atomic mass is 9.92. The lowest BCUT2D eigenvalue weighted by molar-refractivity contribution is 0.348. The Morgan fingerprint density at radius 1 is 1.38 bits per heavy atom. The van der Waals surface area contributed by atoms with E-state index >= 15 is 0 Å². The number of nitrogens with one attached hydrogen (secondary N) is 1. The van der Waals surface area contributed by atoms with E-state index in [-0.39, 0.29) is 0 Å². The molecule has 5 nitrogen and oxygen atoms in total. The van der Waals surface area contributed by atoms with Crippen molar-refractivity contribution < 1.29 is 4.74 Å². The predicted molar refractivity (Wildman–Crippen MR) is 88.1 cm³/mol. The highest BCUT2D eigenvalue weighted by atomic mass is 16.5. The molecule has 0 spiro atoms. The summed E-state index contributed by atoms with van der Waals surface area (Å²) in [5.41, 5.74) is 1.21. The molecule has 21 heavy (non-hydrogen) atoms. The standard InChI is InChI=1S/C16H32N4O/c1-7-8-17-11-13(2)14(3)16-15(21-6)12-18-20(16)10-9-19(4)5/h12-14,17H,7-11H2,1-6H3. The fourth-order valence-corrected chi connectivity index (χ4v) is 2.42. The summed E-state index contributed by atoms with van der Waals surface area (Å²) in [7, 11) is 5.89. The van der Waals surface area contributed by atoms with Gasteiger partial charge in [-0.2, -0.15) is 5.10 Å². The van der Waals surface area contributed by atoms with Crippen LogP contribution < -0.4 is 10.1 Å². The first kappa shape index (κ1) is 18.0. The summed E-state index contributed by atoms with van der Waals surface area (Å²) in [5.74, 6) is 1.86. The Morgan fingerprint density at radius 2 is 2.10 bits per heavy atom. The lowest BCUT2D eigenvalue weighted by Crippen LogP contribution is -2.27. The van der Waals surface area contributed by atoms with Crippen LogP contribution in [0.25, 0.3) is 0 Å². The molecular weight excluding hydrogens is 264 g/mol. The zero-order chi connectivity index (χ0) is 15.8. The maximum absolute atomic E-state index is 5.51. The van der Waals surface area contributed by atoms with Gasteiger partial charge in [-0.15, -0.1) is 0 Å². The van der Waals surface area contributed by atoms with Crippen LogP contribution in [0.4, 0.5) is 0 Å². The first-order valence-corrected chi connectivity index (χ1v) is 7.96. The third kappa shape index (κ3) is 5.32. The minimum Gasteiger partial charge on any atom is -0.493 e. The molecule has 1 heterocycles. The van der Waals surface area contributed by atoms with Crippen molar-refractivity contribution in [3.63, 3.8) is 0 Å². The molecule has 0 fully saturated rings. The van der Waals surface area contributed by atoms with Crippen LogP contribution >= 0.6 is 0 Å². The van der Waals surface area contributed by atoms with E-state index in [1.807, 2.05) is 6.20 Å². The van der Waals surface area contributed by atoms with Gasteiger partial charge < -0.3 is 15.0 Å². The van der Waals surface area contributed by atoms with Gasteiger partial charge in [-0.3, -0.25) is 4.68 Å². The average molecular weight is 296 g/mol. The molecule has 122 valence electrons. The largest absolute Gasteiger partial charge is 0.493 e. The number of hydrogen-bond acceptors (Lipinski definition) is 4. The second-order valence-corrected chi connectivity index (χ2v) is 6.09. The predicted octanol–water partition coefficient (Wildman–Crippen LogP) is 2.19. The smallest absolute Gasteiger partial charge is 0.160 e. The van der Waals surface area contributed by atoms with Crippen LogP contribution in [-0.2, 0) is 6.54 Å². The molecule has 0 aliphatic heterocycles. The molecule has 1 rings (SSSR count). The van der Waals surface area contributed by atoms with Crippen molar-refractivity contribution in [2.24, 2.45) is 5.92 Å². The zero-order valence-corrected chi connectivity index (χ0v) is 14.5. The summed E-state index contributed by atoms with van der Waals surface area (Å²) >= 11 is 0. The first-order chi connectivity index (χ1) is 10.0. The molecule has 0 saturated carbocycles. The van der Waals surface area contributed by atoms with Gasteiger partial charge in [0.05, 0.1) is 25.5 Å². The Labute approximate surface area is 129 Å². The molecule has 5 heteroatoms. The number of nitrogens with zero attached hydrogens (tertiary/aromatic N) is 3. The van der Waals surface area contributed by atoms with Gasteiger partial charge >= 0.3 is 0 Å². The van der Waals surface area contributed by atoms with Gasteiger partial charge in [0.2, 0.25) is 0 Å². The van der Waals surface area contributed by atoms with Crippen molar-refractivity contribution in [2.45, 2.75) is 39.7 Å². The summed E-state index contributed by atoms with van der Waals surface area (Å²) < 4.78 is 7.61. The van der Waals surface area contributed by atoms with Crippen LogP contribution in [0.1, 0.15) is 38.8 Å². The number of rotatable bonds is 10. The van der Waals surface area contributed by atoms with Crippen LogP contribution in [0.3, 0.4) is 0 Å². The highest BCUT2D eigenvalue weighted by Crippen LogP contribution is 2.31. The quantitative estimate of drug-likeness (QED) is 0.672. The topological polar surface area (TPSA) is 42.3 Å². The Bertz CT molecular complexity index is 403. The number of ether oxygens (including phenoxy) is 1. The molecule has 0 saturated heterocycles. The van der Waals surface area contributed by atoms with E-state index < -0.39 is 0 Å². The molecule has 2 atom stereocenters. The SMILES string of the molecule is CCCNCC(C)C(C)c1c(OC)cnn1CCN(C)C. The average Bonchev–Trinajstić information content (AvgIpc) is 2.87. The van der Waals surface area contributed by atoms with Gasteiger partial charge in [0.1, 0.15) is 0 Å². The molecule has 0 amide bonds. The fourth-order valence-electron chi connectivity index (χ4n) is 2.42. The minimum absolute atomic E-state index is 0.411. The number of hydrogen-bond donors (Lipinski definition) is 1. The van der Waals surface area contributed by atoms with Crippen molar-refractivity contribution >= 4 is 0 Å². The van der Waals surface area contributed by atoms with E-state index in [2.05, 4.69) is 54.9 Å². The monoisotopic (exact) mass is 296 g/mol. The molecule has 0 aliphatic rings. The Kier molecular flexibility index (Phi) is 7.75. The zero-order valence-electron chi connectivity index (χ0n) is 14.5. The van der Waals surface area contributed by atoms with Crippen LogP contribution in [0.15, 0.2) is 6.20 Å². The van der Waals surface area contributed by atoms with Gasteiger partial charge in [-0.25, -0.2) is 0 Å². The van der Waals surface area contributed by atoms with E-state index in [0.29, 0.717) is 11.8 Å². The van der Waals surface area contributed by atoms with Gasteiger partial charge in [-0.1, -0.05) is 20.8 Å². The second kappa shape index (κ2) is 9.05. The number of methoxy groups -OCH3 is 1. The van der Waals surface area contributed by atoms with Gasteiger partial charge in [0.15, 0.2) is 5.75 Å². The van der Waals surface area contributed by atoms with Crippen molar-refractivity contribution in [3.8, 4) is 5.75 Å². The third-order valence-electron chi connectivity index (χ3n) is 4.00. The van der Waals surface area contributed by atoms with Gasteiger partial charge in [-0.05, 0) is 39.5 Å². The maximum atomic E-state index is 5.51. The number of likely N-dealkylation sites (N-methyl/N-ethyl adjacent to an activating group) is 1. The summed E-state index contributed by atoms with van der Waals surface area (Å²) in [5, 5.41) is 8.01. The number of aromatic nitrogens is 2. The van der Waals surface area contributed by atoms with Crippen LogP contribution in [0, 0.1) is 5.92 Å². The minimum atomic E-state index is 0.411. The molecule has 1 aromatic heterocycles. The van der Waals surface area contributed by atoms with E-state index in [1.165, 1.54) is 12.1 Å². The lowest BCUT2D eigenvalue weighted by Gasteiger charge is -2.23. The van der Waals surface area contributed by atoms with Crippen molar-refractivity contribution in [1.82, 2.24) is 20.0 Å². The maximum Gasteiger partial charge on any atom is 0.160 e. The Balaban J connectivity index is 2.79. The van der Waals surface area contributed by atoms with E-state index in [4.69, 9.17) is 4.74 Å². The molecule has 1 N–H and O–H groups in total. The molecular formula is C16H32N4O. The highest BCUT2D eigenvalue weighted by Gasteiger charge is 2.23. The van der Waals surface area contributed by atoms with Crippen LogP contribution in [-0.4, -0.2) is 55.5 Å².